The summed E-state index contributed by atoms with van der Waals surface area (Å²) < 4.78 is 16.4. The lowest BCUT2D eigenvalue weighted by atomic mass is 9.96. The maximum absolute atomic E-state index is 14.4. The Kier molecular flexibility index (Phi) is 8.12. The van der Waals surface area contributed by atoms with E-state index in [1.807, 2.05) is 62.8 Å². The molecule has 2 aromatic rings. The first-order valence-corrected chi connectivity index (χ1v) is 11.5. The fraction of sp³-hybridized carbons (Fsp3) is 0.296. The summed E-state index contributed by atoms with van der Waals surface area (Å²) >= 11 is 0. The highest BCUT2D eigenvalue weighted by Crippen LogP contribution is 2.36. The van der Waals surface area contributed by atoms with Crippen molar-refractivity contribution in [3.8, 4) is 0 Å². The molecule has 178 valence electrons. The number of hydrogen-bond donors (Lipinski definition) is 2. The van der Waals surface area contributed by atoms with Gasteiger partial charge in [0.05, 0.1) is 16.7 Å². The lowest BCUT2D eigenvalue weighted by Gasteiger charge is -2.06. The highest BCUT2D eigenvalue weighted by Gasteiger charge is 2.34. The maximum atomic E-state index is 14.4. The zero-order chi connectivity index (χ0) is 24.8. The van der Waals surface area contributed by atoms with Gasteiger partial charge in [-0.15, -0.1) is 0 Å². The molecule has 0 unspecified atom stereocenters. The fourth-order valence-corrected chi connectivity index (χ4v) is 4.12. The molecule has 1 aromatic carbocycles. The number of carbonyl (C=O) groups excluding carboxylic acids is 2. The normalized spacial score (nSPS) is 17.0. The number of imide groups is 1. The molecule has 2 aliphatic rings. The van der Waals surface area contributed by atoms with Crippen LogP contribution < -0.4 is 10.6 Å². The van der Waals surface area contributed by atoms with Crippen molar-refractivity contribution in [1.29, 1.82) is 0 Å². The van der Waals surface area contributed by atoms with Gasteiger partial charge in [-0.2, -0.15) is 0 Å². The van der Waals surface area contributed by atoms with Gasteiger partial charge in [0.25, 0.3) is 11.8 Å². The van der Waals surface area contributed by atoms with Crippen LogP contribution >= 0.6 is 0 Å². The Labute approximate surface area is 199 Å². The number of amides is 2. The van der Waals surface area contributed by atoms with Gasteiger partial charge in [0.15, 0.2) is 0 Å². The molecule has 0 bridgehead atoms. The first-order valence-electron chi connectivity index (χ1n) is 11.5. The van der Waals surface area contributed by atoms with Crippen molar-refractivity contribution in [2.45, 2.75) is 47.7 Å². The highest BCUT2D eigenvalue weighted by molar-refractivity contribution is 6.38. The smallest absolute Gasteiger partial charge is 0.259 e. The largest absolute Gasteiger partial charge is 0.345 e. The summed E-state index contributed by atoms with van der Waals surface area (Å²) in [5.74, 6) is -1.32. The lowest BCUT2D eigenvalue weighted by molar-refractivity contribution is -0.123. The van der Waals surface area contributed by atoms with Gasteiger partial charge in [0.1, 0.15) is 5.82 Å². The SMILES string of the molecule is CC.C\C=C/C=C\C(C)=N\C=C(/C)C1=C(c2cn3c4c(cc(F)cc24)CNCC3)C(=O)NC1=O. The van der Waals surface area contributed by atoms with E-state index < -0.39 is 11.8 Å². The van der Waals surface area contributed by atoms with E-state index in [1.165, 1.54) is 12.1 Å². The number of carbonyl (C=O) groups is 2. The summed E-state index contributed by atoms with van der Waals surface area (Å²) in [6, 6.07) is 2.95. The molecule has 0 saturated carbocycles. The van der Waals surface area contributed by atoms with Crippen LogP contribution in [-0.4, -0.2) is 28.6 Å². The minimum absolute atomic E-state index is 0.259. The molecule has 34 heavy (non-hydrogen) atoms. The van der Waals surface area contributed by atoms with E-state index in [-0.39, 0.29) is 17.0 Å². The topological polar surface area (TPSA) is 75.5 Å². The third kappa shape index (κ3) is 4.99. The van der Waals surface area contributed by atoms with Crippen molar-refractivity contribution < 1.29 is 14.0 Å². The van der Waals surface area contributed by atoms with Gasteiger partial charge in [-0.05, 0) is 50.1 Å². The molecule has 0 atom stereocenters. The van der Waals surface area contributed by atoms with Crippen LogP contribution in [-0.2, 0) is 22.7 Å². The molecule has 0 fully saturated rings. The number of aromatic nitrogens is 1. The van der Waals surface area contributed by atoms with Crippen molar-refractivity contribution in [3.63, 3.8) is 0 Å². The maximum Gasteiger partial charge on any atom is 0.259 e. The number of hydrogen-bond acceptors (Lipinski definition) is 4. The Balaban J connectivity index is 0.00000158. The first kappa shape index (κ1) is 25.1. The second-order valence-electron chi connectivity index (χ2n) is 7.87. The predicted octanol–water partition coefficient (Wildman–Crippen LogP) is 4.82. The average molecular weight is 463 g/mol. The molecule has 4 rings (SSSR count). The van der Waals surface area contributed by atoms with Crippen LogP contribution in [0.5, 0.6) is 0 Å². The minimum atomic E-state index is -0.480. The lowest BCUT2D eigenvalue weighted by Crippen LogP contribution is -2.23. The predicted molar refractivity (Wildman–Crippen MR) is 136 cm³/mol. The molecule has 1 aromatic heterocycles. The summed E-state index contributed by atoms with van der Waals surface area (Å²) in [7, 11) is 0. The number of aliphatic imine (C=N–C) groups is 1. The van der Waals surface area contributed by atoms with E-state index in [9.17, 15) is 14.0 Å². The second-order valence-corrected chi connectivity index (χ2v) is 7.87. The van der Waals surface area contributed by atoms with Crippen LogP contribution in [0.15, 0.2) is 65.0 Å². The Morgan fingerprint density at radius 1 is 1.15 bits per heavy atom. The van der Waals surface area contributed by atoms with Crippen LogP contribution in [0.3, 0.4) is 0 Å². The van der Waals surface area contributed by atoms with Gasteiger partial charge in [-0.1, -0.05) is 32.1 Å². The number of allylic oxidation sites excluding steroid dienone is 4. The van der Waals surface area contributed by atoms with Crippen molar-refractivity contribution in [2.75, 3.05) is 6.54 Å². The molecule has 6 nitrogen and oxygen atoms in total. The van der Waals surface area contributed by atoms with Gasteiger partial charge in [0.2, 0.25) is 0 Å². The Hall–Kier alpha value is -3.58. The van der Waals surface area contributed by atoms with Gasteiger partial charge in [0, 0.05) is 48.7 Å². The van der Waals surface area contributed by atoms with Crippen molar-refractivity contribution >= 4 is 34.0 Å². The van der Waals surface area contributed by atoms with Gasteiger partial charge in [-0.3, -0.25) is 19.9 Å². The monoisotopic (exact) mass is 462 g/mol. The van der Waals surface area contributed by atoms with Crippen molar-refractivity contribution in [3.05, 3.63) is 76.9 Å². The molecule has 2 N–H and O–H groups in total. The molecule has 2 amide bonds. The standard InChI is InChI=1S/C25H25FN4O2.C2H6/c1-4-5-6-7-16(3)28-12-15(2)21-22(25(32)29-24(21)31)20-14-30-9-8-27-13-17-10-18(26)11-19(20)23(17)30;1-2/h4-7,10-12,14,27H,8-9,13H2,1-3H3,(H,29,31,32);1-2H3/b5-4-,7-6-,15-12+,28-16+;. The quantitative estimate of drug-likeness (QED) is 0.380. The Morgan fingerprint density at radius 3 is 2.65 bits per heavy atom. The minimum Gasteiger partial charge on any atom is -0.345 e. The summed E-state index contributed by atoms with van der Waals surface area (Å²) in [5, 5.41) is 6.30. The van der Waals surface area contributed by atoms with Crippen LogP contribution in [0.2, 0.25) is 0 Å². The molecule has 0 radical (unpaired) electrons. The average Bonchev–Trinajstić information content (AvgIpc) is 3.23. The number of nitrogens with one attached hydrogen (secondary N) is 2. The van der Waals surface area contributed by atoms with E-state index in [0.29, 0.717) is 29.6 Å². The van der Waals surface area contributed by atoms with Crippen LogP contribution in [0.4, 0.5) is 4.39 Å². The van der Waals surface area contributed by atoms with Crippen molar-refractivity contribution in [2.24, 2.45) is 4.99 Å². The third-order valence-corrected chi connectivity index (χ3v) is 5.56. The second kappa shape index (κ2) is 11.0. The molecular weight excluding hydrogens is 431 g/mol. The number of rotatable bonds is 5. The van der Waals surface area contributed by atoms with E-state index in [2.05, 4.69) is 15.6 Å². The number of halogens is 1. The van der Waals surface area contributed by atoms with E-state index in [0.717, 1.165) is 23.3 Å². The number of benzene rings is 1. The summed E-state index contributed by atoms with van der Waals surface area (Å²) in [6.07, 6.45) is 11.0. The molecule has 0 spiro atoms. The molecule has 3 heterocycles. The van der Waals surface area contributed by atoms with Crippen LogP contribution in [0.25, 0.3) is 16.5 Å². The van der Waals surface area contributed by atoms with Gasteiger partial charge >= 0.3 is 0 Å². The third-order valence-electron chi connectivity index (χ3n) is 5.56. The summed E-state index contributed by atoms with van der Waals surface area (Å²) in [6.45, 7) is 11.5. The first-order chi connectivity index (χ1) is 16.4. The summed E-state index contributed by atoms with van der Waals surface area (Å²) in [5.41, 5.74) is 4.12. The molecule has 2 aliphatic heterocycles. The highest BCUT2D eigenvalue weighted by atomic mass is 19.1. The van der Waals surface area contributed by atoms with Crippen molar-refractivity contribution in [1.82, 2.24) is 15.2 Å². The van der Waals surface area contributed by atoms with Gasteiger partial charge < -0.3 is 9.88 Å². The Morgan fingerprint density at radius 2 is 1.91 bits per heavy atom. The molecule has 7 heteroatoms. The molecular formula is C27H31FN4O2. The van der Waals surface area contributed by atoms with Crippen LogP contribution in [0.1, 0.15) is 45.7 Å². The Bertz CT molecular complexity index is 1280. The zero-order valence-electron chi connectivity index (χ0n) is 20.3. The zero-order valence-corrected chi connectivity index (χ0v) is 20.3. The summed E-state index contributed by atoms with van der Waals surface area (Å²) in [4.78, 5) is 29.9. The van der Waals surface area contributed by atoms with E-state index in [1.54, 1.807) is 13.1 Å². The van der Waals surface area contributed by atoms with Crippen LogP contribution in [0, 0.1) is 5.82 Å². The fourth-order valence-electron chi connectivity index (χ4n) is 4.12. The van der Waals surface area contributed by atoms with E-state index in [4.69, 9.17) is 0 Å². The molecule has 0 aliphatic carbocycles. The number of nitrogens with zero attached hydrogens (tertiary/aromatic N) is 2. The van der Waals surface area contributed by atoms with E-state index >= 15 is 0 Å². The molecule has 0 saturated heterocycles. The van der Waals surface area contributed by atoms with Gasteiger partial charge in [-0.25, -0.2) is 4.39 Å².